The van der Waals surface area contributed by atoms with Gasteiger partial charge >= 0.3 is 0 Å². The van der Waals surface area contributed by atoms with Crippen molar-refractivity contribution in [1.29, 1.82) is 0 Å². The van der Waals surface area contributed by atoms with Crippen LogP contribution in [0.1, 0.15) is 24.6 Å². The summed E-state index contributed by atoms with van der Waals surface area (Å²) in [5.41, 5.74) is 0.670. The van der Waals surface area contributed by atoms with E-state index in [9.17, 15) is 17.2 Å². The van der Waals surface area contributed by atoms with E-state index in [0.717, 1.165) is 19.1 Å². The van der Waals surface area contributed by atoms with Gasteiger partial charge in [-0.25, -0.2) is 17.2 Å². The quantitative estimate of drug-likeness (QED) is 0.566. The van der Waals surface area contributed by atoms with Crippen LogP contribution in [-0.4, -0.2) is 51.9 Å². The number of para-hydroxylation sites is 1. The van der Waals surface area contributed by atoms with Crippen LogP contribution in [-0.2, 0) is 9.84 Å². The van der Waals surface area contributed by atoms with E-state index in [0.29, 0.717) is 23.9 Å². The number of nitrogens with zero attached hydrogens (tertiary/aromatic N) is 5. The van der Waals surface area contributed by atoms with Crippen LogP contribution in [0.3, 0.4) is 0 Å². The molecule has 2 aliphatic rings. The van der Waals surface area contributed by atoms with Gasteiger partial charge < -0.3 is 4.90 Å². The smallest absolute Gasteiger partial charge is 0.187 e. The molecule has 3 aromatic rings. The van der Waals surface area contributed by atoms with Crippen molar-refractivity contribution >= 4 is 9.84 Å². The van der Waals surface area contributed by atoms with E-state index in [1.807, 2.05) is 4.90 Å². The summed E-state index contributed by atoms with van der Waals surface area (Å²) in [5, 5.41) is 8.65. The Bertz CT molecular complexity index is 1360. The van der Waals surface area contributed by atoms with Gasteiger partial charge in [0.15, 0.2) is 15.7 Å². The maximum Gasteiger partial charge on any atom is 0.187 e. The zero-order chi connectivity index (χ0) is 23.2. The van der Waals surface area contributed by atoms with E-state index in [1.54, 1.807) is 34.9 Å². The van der Waals surface area contributed by atoms with E-state index in [1.165, 1.54) is 30.6 Å². The van der Waals surface area contributed by atoms with Crippen molar-refractivity contribution in [2.24, 2.45) is 0 Å². The summed E-state index contributed by atoms with van der Waals surface area (Å²) in [6.45, 7) is 0.646. The van der Waals surface area contributed by atoms with Crippen molar-refractivity contribution in [3.8, 4) is 17.2 Å². The second kappa shape index (κ2) is 8.18. The molecular weight excluding hydrogens is 448 g/mol. The normalized spacial score (nSPS) is 20.5. The molecule has 0 radical (unpaired) electrons. The van der Waals surface area contributed by atoms with Crippen LogP contribution in [0.15, 0.2) is 71.7 Å². The number of allylic oxidation sites excluding steroid dienone is 2. The van der Waals surface area contributed by atoms with E-state index in [4.69, 9.17) is 0 Å². The molecule has 0 unspecified atom stereocenters. The molecule has 1 aromatic carbocycles. The Morgan fingerprint density at radius 2 is 1.85 bits per heavy atom. The highest BCUT2D eigenvalue weighted by atomic mass is 32.2. The SMILES string of the molecule is CS(=O)(=O)c1ccc(-c2nnc(C3CC(N4C=C(F)C=CC4)C3)n2-c2ccccc2F)nc1. The van der Waals surface area contributed by atoms with Crippen molar-refractivity contribution in [1.82, 2.24) is 24.6 Å². The Kier molecular flexibility index (Phi) is 5.32. The van der Waals surface area contributed by atoms with Gasteiger partial charge in [-0.1, -0.05) is 18.2 Å². The summed E-state index contributed by atoms with van der Waals surface area (Å²) in [6.07, 6.45) is 8.57. The lowest BCUT2D eigenvalue weighted by Gasteiger charge is -2.42. The van der Waals surface area contributed by atoms with Crippen LogP contribution >= 0.6 is 0 Å². The van der Waals surface area contributed by atoms with Crippen LogP contribution in [0.2, 0.25) is 0 Å². The third-order valence-electron chi connectivity index (χ3n) is 6.00. The van der Waals surface area contributed by atoms with E-state index < -0.39 is 15.7 Å². The summed E-state index contributed by atoms with van der Waals surface area (Å²) in [7, 11) is -3.40. The number of sulfone groups is 1. The third kappa shape index (κ3) is 4.06. The average Bonchev–Trinajstić information content (AvgIpc) is 3.17. The zero-order valence-corrected chi connectivity index (χ0v) is 18.6. The molecule has 0 spiro atoms. The Morgan fingerprint density at radius 3 is 2.52 bits per heavy atom. The largest absolute Gasteiger partial charge is 0.368 e. The molecule has 10 heteroatoms. The fraction of sp³-hybridized carbons (Fsp3) is 0.261. The predicted octanol–water partition coefficient (Wildman–Crippen LogP) is 3.80. The van der Waals surface area contributed by atoms with Gasteiger partial charge in [-0.15, -0.1) is 10.2 Å². The fourth-order valence-electron chi connectivity index (χ4n) is 4.19. The summed E-state index contributed by atoms with van der Waals surface area (Å²) < 4.78 is 53.6. The number of hydrogen-bond acceptors (Lipinski definition) is 6. The Balaban J connectivity index is 1.50. The lowest BCUT2D eigenvalue weighted by Crippen LogP contribution is -2.42. The maximum atomic E-state index is 14.8. The first-order valence-electron chi connectivity index (χ1n) is 10.5. The molecule has 7 nitrogen and oxygen atoms in total. The van der Waals surface area contributed by atoms with Gasteiger partial charge in [0.2, 0.25) is 0 Å². The van der Waals surface area contributed by atoms with Gasteiger partial charge in [0, 0.05) is 37.2 Å². The van der Waals surface area contributed by atoms with Gasteiger partial charge in [0.05, 0.1) is 10.6 Å². The molecule has 0 atom stereocenters. The van der Waals surface area contributed by atoms with E-state index >= 15 is 0 Å². The topological polar surface area (TPSA) is 81.0 Å². The van der Waals surface area contributed by atoms with Gasteiger partial charge in [0.25, 0.3) is 0 Å². The first-order chi connectivity index (χ1) is 15.8. The van der Waals surface area contributed by atoms with E-state index in [2.05, 4.69) is 15.2 Å². The number of rotatable bonds is 5. The van der Waals surface area contributed by atoms with Crippen molar-refractivity contribution in [2.75, 3.05) is 12.8 Å². The van der Waals surface area contributed by atoms with Crippen LogP contribution < -0.4 is 0 Å². The van der Waals surface area contributed by atoms with Crippen molar-refractivity contribution in [3.63, 3.8) is 0 Å². The van der Waals surface area contributed by atoms with Crippen LogP contribution in [0, 0.1) is 5.82 Å². The molecule has 0 amide bonds. The predicted molar refractivity (Wildman–Crippen MR) is 118 cm³/mol. The molecule has 33 heavy (non-hydrogen) atoms. The highest BCUT2D eigenvalue weighted by Gasteiger charge is 2.38. The summed E-state index contributed by atoms with van der Waals surface area (Å²) in [6, 6.07) is 9.48. The number of hydrogen-bond donors (Lipinski definition) is 0. The molecule has 0 N–H and O–H groups in total. The highest BCUT2D eigenvalue weighted by Crippen LogP contribution is 2.41. The molecule has 0 saturated heterocycles. The Labute approximate surface area is 190 Å². The maximum absolute atomic E-state index is 14.8. The second-order valence-corrected chi connectivity index (χ2v) is 10.3. The monoisotopic (exact) mass is 469 g/mol. The van der Waals surface area contributed by atoms with Gasteiger partial charge in [-0.2, -0.15) is 0 Å². The molecule has 1 fully saturated rings. The first kappa shape index (κ1) is 21.4. The molecule has 5 rings (SSSR count). The van der Waals surface area contributed by atoms with Crippen molar-refractivity contribution < 1.29 is 17.2 Å². The number of aromatic nitrogens is 4. The van der Waals surface area contributed by atoms with Gasteiger partial charge in [-0.05, 0) is 43.2 Å². The molecule has 1 aliphatic carbocycles. The fourth-order valence-corrected chi connectivity index (χ4v) is 4.75. The molecule has 1 aliphatic heterocycles. The Morgan fingerprint density at radius 1 is 1.06 bits per heavy atom. The number of halogens is 2. The van der Waals surface area contributed by atoms with Crippen LogP contribution in [0.4, 0.5) is 8.78 Å². The Hall–Kier alpha value is -3.40. The third-order valence-corrected chi connectivity index (χ3v) is 7.10. The molecule has 1 saturated carbocycles. The minimum Gasteiger partial charge on any atom is -0.368 e. The molecule has 0 bridgehead atoms. The molecule has 3 heterocycles. The minimum absolute atomic E-state index is 0.00789. The second-order valence-electron chi connectivity index (χ2n) is 8.26. The lowest BCUT2D eigenvalue weighted by molar-refractivity contribution is 0.161. The number of benzene rings is 1. The highest BCUT2D eigenvalue weighted by molar-refractivity contribution is 7.90. The first-order valence-corrected chi connectivity index (χ1v) is 12.4. The van der Waals surface area contributed by atoms with Crippen LogP contribution in [0.25, 0.3) is 17.2 Å². The van der Waals surface area contributed by atoms with Gasteiger partial charge in [0.1, 0.15) is 23.2 Å². The van der Waals surface area contributed by atoms with Crippen molar-refractivity contribution in [2.45, 2.75) is 29.7 Å². The summed E-state index contributed by atoms with van der Waals surface area (Å²) >= 11 is 0. The molecule has 2 aromatic heterocycles. The lowest BCUT2D eigenvalue weighted by atomic mass is 9.78. The summed E-state index contributed by atoms with van der Waals surface area (Å²) in [5.74, 6) is 0.219. The zero-order valence-electron chi connectivity index (χ0n) is 17.8. The minimum atomic E-state index is -3.40. The van der Waals surface area contributed by atoms with Crippen molar-refractivity contribution in [3.05, 3.63) is 78.4 Å². The molecular formula is C23H21F2N5O2S. The van der Waals surface area contributed by atoms with Gasteiger partial charge in [-0.3, -0.25) is 9.55 Å². The molecule has 170 valence electrons. The average molecular weight is 470 g/mol. The van der Waals surface area contributed by atoms with Crippen LogP contribution in [0.5, 0.6) is 0 Å². The van der Waals surface area contributed by atoms with E-state index in [-0.39, 0.29) is 28.4 Å². The standard InChI is InChI=1S/C23H21F2N5O2S/c1-33(31,32)18-8-9-20(26-13-18)23-28-27-22(30(23)21-7-3-2-6-19(21)25)15-11-17(12-15)29-10-4-5-16(24)14-29/h2-9,13-15,17H,10-12H2,1H3. The number of pyridine rings is 1. The summed E-state index contributed by atoms with van der Waals surface area (Å²) in [4.78, 5) is 6.30.